The summed E-state index contributed by atoms with van der Waals surface area (Å²) in [6.07, 6.45) is 0.942. The monoisotopic (exact) mass is 274 g/mol. The molecule has 8 heteroatoms. The van der Waals surface area contributed by atoms with Crippen molar-refractivity contribution in [3.63, 3.8) is 0 Å². The Hall–Kier alpha value is -1.80. The summed E-state index contributed by atoms with van der Waals surface area (Å²) in [4.78, 5) is 11.5. The molecule has 0 bridgehead atoms. The predicted molar refractivity (Wildman–Crippen MR) is 66.5 cm³/mol. The van der Waals surface area contributed by atoms with Crippen molar-refractivity contribution in [1.82, 2.24) is 0 Å². The van der Waals surface area contributed by atoms with Crippen LogP contribution in [0.2, 0.25) is 0 Å². The second kappa shape index (κ2) is 5.23. The van der Waals surface area contributed by atoms with Gasteiger partial charge in [0.1, 0.15) is 11.5 Å². The zero-order chi connectivity index (χ0) is 13.9. The summed E-state index contributed by atoms with van der Waals surface area (Å²) in [6, 6.07) is 2.33. The van der Waals surface area contributed by atoms with Crippen LogP contribution in [0.5, 0.6) is 11.5 Å². The Morgan fingerprint density at radius 2 is 2.11 bits per heavy atom. The average molecular weight is 274 g/mol. The summed E-state index contributed by atoms with van der Waals surface area (Å²) in [5.74, 6) is -0.666. The van der Waals surface area contributed by atoms with E-state index >= 15 is 0 Å². The number of ketones is 1. The third-order valence-electron chi connectivity index (χ3n) is 2.10. The maximum atomic E-state index is 11.5. The van der Waals surface area contributed by atoms with Gasteiger partial charge >= 0.3 is 0 Å². The number of rotatable bonds is 5. The first-order valence-corrected chi connectivity index (χ1v) is 6.79. The van der Waals surface area contributed by atoms with Crippen molar-refractivity contribution < 1.29 is 23.1 Å². The molecule has 0 atom stereocenters. The van der Waals surface area contributed by atoms with Gasteiger partial charge < -0.3 is 15.6 Å². The van der Waals surface area contributed by atoms with E-state index < -0.39 is 15.8 Å². The van der Waals surface area contributed by atoms with Crippen LogP contribution in [-0.4, -0.2) is 39.2 Å². The van der Waals surface area contributed by atoms with Crippen LogP contribution in [0.3, 0.4) is 0 Å². The van der Waals surface area contributed by atoms with E-state index in [1.54, 1.807) is 0 Å². The van der Waals surface area contributed by atoms with Gasteiger partial charge in [-0.2, -0.15) is 0 Å². The molecule has 18 heavy (non-hydrogen) atoms. The summed E-state index contributed by atoms with van der Waals surface area (Å²) in [7, 11) is -2.22. The molecule has 0 aromatic heterocycles. The van der Waals surface area contributed by atoms with Crippen LogP contribution in [0.1, 0.15) is 10.4 Å². The largest absolute Gasteiger partial charge is 0.506 e. The van der Waals surface area contributed by atoms with Gasteiger partial charge in [0.15, 0.2) is 5.78 Å². The second-order valence-electron chi connectivity index (χ2n) is 3.57. The lowest BCUT2D eigenvalue weighted by Gasteiger charge is -2.12. The molecule has 0 saturated carbocycles. The number of phenolic OH excluding ortho intramolecular Hbond substituents is 1. The van der Waals surface area contributed by atoms with E-state index in [0.29, 0.717) is 0 Å². The number of sulfonamides is 1. The first kappa shape index (κ1) is 14.3. The van der Waals surface area contributed by atoms with Crippen LogP contribution in [0, 0.1) is 0 Å². The number of phenols is 1. The Labute approximate surface area is 105 Å². The highest BCUT2D eigenvalue weighted by Crippen LogP contribution is 2.32. The third kappa shape index (κ3) is 3.34. The standard InChI is InChI=1S/C10H14N2O5S/c1-17-10-4-7(12-18(2,15)16)8(13)3-6(10)9(14)5-11/h3-4,12-13H,5,11H2,1-2H3. The molecule has 0 saturated heterocycles. The number of carbonyl (C=O) groups excluding carboxylic acids is 1. The second-order valence-corrected chi connectivity index (χ2v) is 5.32. The van der Waals surface area contributed by atoms with Gasteiger partial charge in [-0.15, -0.1) is 0 Å². The van der Waals surface area contributed by atoms with E-state index in [1.807, 2.05) is 0 Å². The van der Waals surface area contributed by atoms with Crippen molar-refractivity contribution >= 4 is 21.5 Å². The smallest absolute Gasteiger partial charge is 0.229 e. The van der Waals surface area contributed by atoms with E-state index in [4.69, 9.17) is 10.5 Å². The Morgan fingerprint density at radius 3 is 2.56 bits per heavy atom. The van der Waals surface area contributed by atoms with Gasteiger partial charge in [0.05, 0.1) is 31.2 Å². The van der Waals surface area contributed by atoms with Crippen molar-refractivity contribution in [3.8, 4) is 11.5 Å². The Balaban J connectivity index is 3.31. The SMILES string of the molecule is COc1cc(NS(C)(=O)=O)c(O)cc1C(=O)CN. The zero-order valence-electron chi connectivity index (χ0n) is 9.93. The highest BCUT2D eigenvalue weighted by Gasteiger charge is 2.16. The summed E-state index contributed by atoms with van der Waals surface area (Å²) in [5.41, 5.74) is 5.25. The third-order valence-corrected chi connectivity index (χ3v) is 2.69. The van der Waals surface area contributed by atoms with Crippen molar-refractivity contribution in [3.05, 3.63) is 17.7 Å². The van der Waals surface area contributed by atoms with Gasteiger partial charge in [0.2, 0.25) is 10.0 Å². The molecule has 0 heterocycles. The van der Waals surface area contributed by atoms with Crippen molar-refractivity contribution in [2.75, 3.05) is 24.6 Å². The van der Waals surface area contributed by atoms with Crippen molar-refractivity contribution in [1.29, 1.82) is 0 Å². The van der Waals surface area contributed by atoms with Gasteiger partial charge in [-0.1, -0.05) is 0 Å². The number of anilines is 1. The van der Waals surface area contributed by atoms with E-state index in [1.165, 1.54) is 13.2 Å². The first-order chi connectivity index (χ1) is 8.28. The molecule has 7 nitrogen and oxygen atoms in total. The highest BCUT2D eigenvalue weighted by atomic mass is 32.2. The number of benzene rings is 1. The van der Waals surface area contributed by atoms with Gasteiger partial charge in [0, 0.05) is 6.07 Å². The number of nitrogens with one attached hydrogen (secondary N) is 1. The minimum Gasteiger partial charge on any atom is -0.506 e. The lowest BCUT2D eigenvalue weighted by Crippen LogP contribution is -2.15. The van der Waals surface area contributed by atoms with Crippen LogP contribution in [0.15, 0.2) is 12.1 Å². The van der Waals surface area contributed by atoms with Crippen molar-refractivity contribution in [2.45, 2.75) is 0 Å². The van der Waals surface area contributed by atoms with Gasteiger partial charge in [0.25, 0.3) is 0 Å². The molecule has 0 spiro atoms. The lowest BCUT2D eigenvalue weighted by atomic mass is 10.1. The van der Waals surface area contributed by atoms with Crippen LogP contribution >= 0.6 is 0 Å². The molecule has 0 aliphatic heterocycles. The normalized spacial score (nSPS) is 11.1. The van der Waals surface area contributed by atoms with Gasteiger partial charge in [-0.3, -0.25) is 9.52 Å². The number of hydrogen-bond acceptors (Lipinski definition) is 6. The minimum absolute atomic E-state index is 0.0667. The van der Waals surface area contributed by atoms with E-state index in [2.05, 4.69) is 4.72 Å². The zero-order valence-corrected chi connectivity index (χ0v) is 10.7. The van der Waals surface area contributed by atoms with Gasteiger partial charge in [-0.25, -0.2) is 8.42 Å². The molecular weight excluding hydrogens is 260 g/mol. The van der Waals surface area contributed by atoms with Crippen LogP contribution in [0.25, 0.3) is 0 Å². The summed E-state index contributed by atoms with van der Waals surface area (Å²) in [6.45, 7) is -0.241. The molecule has 0 aliphatic rings. The summed E-state index contributed by atoms with van der Waals surface area (Å²) < 4.78 is 29.2. The predicted octanol–water partition coefficient (Wildman–Crippen LogP) is -0.0863. The molecular formula is C10H14N2O5S. The molecule has 0 fully saturated rings. The average Bonchev–Trinajstić information content (AvgIpc) is 2.28. The molecule has 0 aliphatic carbocycles. The molecule has 100 valence electrons. The van der Waals surface area contributed by atoms with Crippen LogP contribution in [-0.2, 0) is 10.0 Å². The quantitative estimate of drug-likeness (QED) is 0.510. The number of carbonyl (C=O) groups is 1. The van der Waals surface area contributed by atoms with E-state index in [9.17, 15) is 18.3 Å². The van der Waals surface area contributed by atoms with Crippen LogP contribution in [0.4, 0.5) is 5.69 Å². The number of methoxy groups -OCH3 is 1. The molecule has 1 aromatic rings. The molecule has 1 aromatic carbocycles. The molecule has 0 unspecified atom stereocenters. The maximum Gasteiger partial charge on any atom is 0.229 e. The Kier molecular flexibility index (Phi) is 4.15. The van der Waals surface area contributed by atoms with Crippen molar-refractivity contribution in [2.24, 2.45) is 5.73 Å². The maximum absolute atomic E-state index is 11.5. The number of nitrogens with two attached hydrogens (primary N) is 1. The minimum atomic E-state index is -3.54. The molecule has 4 N–H and O–H groups in total. The topological polar surface area (TPSA) is 119 Å². The summed E-state index contributed by atoms with van der Waals surface area (Å²) >= 11 is 0. The fraction of sp³-hybridized carbons (Fsp3) is 0.300. The summed E-state index contributed by atoms with van der Waals surface area (Å²) in [5, 5.41) is 9.64. The fourth-order valence-electron chi connectivity index (χ4n) is 1.35. The molecule has 0 amide bonds. The number of aromatic hydroxyl groups is 1. The molecule has 0 radical (unpaired) electrons. The first-order valence-electron chi connectivity index (χ1n) is 4.90. The Bertz CT molecular complexity index is 568. The van der Waals surface area contributed by atoms with E-state index in [0.717, 1.165) is 12.3 Å². The van der Waals surface area contributed by atoms with E-state index in [-0.39, 0.29) is 29.3 Å². The number of Topliss-reactive ketones (excluding diaryl/α,β-unsaturated/α-hetero) is 1. The number of ether oxygens (including phenoxy) is 1. The lowest BCUT2D eigenvalue weighted by molar-refractivity contribution is 0.0998. The fourth-order valence-corrected chi connectivity index (χ4v) is 1.91. The van der Waals surface area contributed by atoms with Gasteiger partial charge in [-0.05, 0) is 6.07 Å². The number of hydrogen-bond donors (Lipinski definition) is 3. The highest BCUT2D eigenvalue weighted by molar-refractivity contribution is 7.92. The molecule has 1 rings (SSSR count). The Morgan fingerprint density at radius 1 is 1.50 bits per heavy atom. The van der Waals surface area contributed by atoms with Crippen LogP contribution < -0.4 is 15.2 Å².